The summed E-state index contributed by atoms with van der Waals surface area (Å²) in [4.78, 5) is 11.2. The largest absolute Gasteiger partial charge is 0.490 e. The van der Waals surface area contributed by atoms with E-state index < -0.39 is 12.1 Å². The number of carbonyl (C=O) groups is 1. The molecule has 3 rings (SSSR count). The Morgan fingerprint density at radius 2 is 1.61 bits per heavy atom. The van der Waals surface area contributed by atoms with E-state index in [0.717, 1.165) is 42.5 Å². The SMILES string of the molecule is CCO[C@@H](Cc1ccc(OC/C=C(\C)c2ccc(-c3cc(Br)cc(Br)c3)cc2)cc1)C(=O)O. The van der Waals surface area contributed by atoms with Gasteiger partial charge in [0, 0.05) is 22.0 Å². The number of ether oxygens (including phenoxy) is 2. The lowest BCUT2D eigenvalue weighted by Gasteiger charge is -2.12. The quantitative estimate of drug-likeness (QED) is 0.275. The van der Waals surface area contributed by atoms with Crippen LogP contribution in [0, 0.1) is 0 Å². The Morgan fingerprint density at radius 3 is 2.18 bits per heavy atom. The van der Waals surface area contributed by atoms with Gasteiger partial charge in [0.15, 0.2) is 6.10 Å². The lowest BCUT2D eigenvalue weighted by atomic mass is 10.0. The van der Waals surface area contributed by atoms with Crippen LogP contribution in [0.25, 0.3) is 16.7 Å². The van der Waals surface area contributed by atoms with Crippen molar-refractivity contribution >= 4 is 43.4 Å². The van der Waals surface area contributed by atoms with Gasteiger partial charge >= 0.3 is 5.97 Å². The number of allylic oxidation sites excluding steroid dienone is 1. The number of benzene rings is 3. The van der Waals surface area contributed by atoms with Gasteiger partial charge in [-0.1, -0.05) is 68.3 Å². The van der Waals surface area contributed by atoms with Gasteiger partial charge in [0.1, 0.15) is 12.4 Å². The molecule has 0 fully saturated rings. The summed E-state index contributed by atoms with van der Waals surface area (Å²) in [5.74, 6) is -0.211. The first-order valence-corrected chi connectivity index (χ1v) is 12.2. The first-order valence-electron chi connectivity index (χ1n) is 10.7. The van der Waals surface area contributed by atoms with Crippen molar-refractivity contribution in [2.24, 2.45) is 0 Å². The molecule has 0 spiro atoms. The van der Waals surface area contributed by atoms with Crippen LogP contribution in [0.1, 0.15) is 25.0 Å². The maximum atomic E-state index is 11.2. The lowest BCUT2D eigenvalue weighted by Crippen LogP contribution is -2.26. The fourth-order valence-electron chi connectivity index (χ4n) is 3.38. The second kappa shape index (κ2) is 12.2. The molecule has 0 bridgehead atoms. The summed E-state index contributed by atoms with van der Waals surface area (Å²) >= 11 is 7.08. The highest BCUT2D eigenvalue weighted by Crippen LogP contribution is 2.28. The van der Waals surface area contributed by atoms with Crippen molar-refractivity contribution in [3.8, 4) is 16.9 Å². The van der Waals surface area contributed by atoms with E-state index in [-0.39, 0.29) is 0 Å². The summed E-state index contributed by atoms with van der Waals surface area (Å²) in [7, 11) is 0. The summed E-state index contributed by atoms with van der Waals surface area (Å²) in [6.45, 7) is 4.67. The average molecular weight is 574 g/mol. The van der Waals surface area contributed by atoms with Crippen molar-refractivity contribution in [3.05, 3.63) is 92.9 Å². The van der Waals surface area contributed by atoms with Gasteiger partial charge < -0.3 is 14.6 Å². The summed E-state index contributed by atoms with van der Waals surface area (Å²) < 4.78 is 13.2. The molecule has 0 amide bonds. The van der Waals surface area contributed by atoms with Gasteiger partial charge in [-0.05, 0) is 78.1 Å². The third-order valence-electron chi connectivity index (χ3n) is 5.16. The van der Waals surface area contributed by atoms with Crippen molar-refractivity contribution < 1.29 is 19.4 Å². The minimum absolute atomic E-state index is 0.329. The van der Waals surface area contributed by atoms with Crippen molar-refractivity contribution in [1.29, 1.82) is 0 Å². The lowest BCUT2D eigenvalue weighted by molar-refractivity contribution is -0.149. The predicted molar refractivity (Wildman–Crippen MR) is 140 cm³/mol. The zero-order chi connectivity index (χ0) is 23.8. The second-order valence-corrected chi connectivity index (χ2v) is 9.40. The molecule has 33 heavy (non-hydrogen) atoms. The molecule has 3 aromatic rings. The van der Waals surface area contributed by atoms with Gasteiger partial charge in [0.25, 0.3) is 0 Å². The molecule has 0 heterocycles. The Balaban J connectivity index is 1.57. The van der Waals surface area contributed by atoms with Gasteiger partial charge in [0.05, 0.1) is 0 Å². The number of rotatable bonds is 10. The fourth-order valence-corrected chi connectivity index (χ4v) is 4.68. The van der Waals surface area contributed by atoms with Gasteiger partial charge in [0.2, 0.25) is 0 Å². The summed E-state index contributed by atoms with van der Waals surface area (Å²) in [5.41, 5.74) is 5.47. The van der Waals surface area contributed by atoms with Crippen LogP contribution < -0.4 is 4.74 Å². The Morgan fingerprint density at radius 1 is 0.970 bits per heavy atom. The molecule has 0 aliphatic carbocycles. The number of hydrogen-bond donors (Lipinski definition) is 1. The zero-order valence-corrected chi connectivity index (χ0v) is 21.7. The van der Waals surface area contributed by atoms with E-state index in [2.05, 4.69) is 75.2 Å². The standard InChI is InChI=1S/C27H26Br2O4/c1-3-32-26(27(30)31)14-19-4-10-25(11-5-19)33-13-12-18(2)20-6-8-21(9-7-20)22-15-23(28)17-24(29)16-22/h4-12,15-17,26H,3,13-14H2,1-2H3,(H,30,31)/b18-12+/t26-/m0/s1. The Labute approximate surface area is 211 Å². The second-order valence-electron chi connectivity index (χ2n) is 7.56. The predicted octanol–water partition coefficient (Wildman–Crippen LogP) is 7.39. The van der Waals surface area contributed by atoms with Crippen LogP contribution in [0.4, 0.5) is 0 Å². The topological polar surface area (TPSA) is 55.8 Å². The van der Waals surface area contributed by atoms with E-state index in [1.807, 2.05) is 36.4 Å². The smallest absolute Gasteiger partial charge is 0.333 e. The summed E-state index contributed by atoms with van der Waals surface area (Å²) in [6, 6.07) is 22.1. The van der Waals surface area contributed by atoms with E-state index in [9.17, 15) is 9.90 Å². The van der Waals surface area contributed by atoms with E-state index in [0.29, 0.717) is 19.6 Å². The molecule has 0 aromatic heterocycles. The molecule has 6 heteroatoms. The minimum atomic E-state index is -0.949. The minimum Gasteiger partial charge on any atom is -0.490 e. The number of aliphatic carboxylic acids is 1. The first kappa shape index (κ1) is 25.2. The zero-order valence-electron chi connectivity index (χ0n) is 18.6. The molecule has 0 radical (unpaired) electrons. The van der Waals surface area contributed by atoms with E-state index in [1.54, 1.807) is 6.92 Å². The monoisotopic (exact) mass is 572 g/mol. The molecule has 0 aliphatic rings. The fraction of sp³-hybridized carbons (Fsp3) is 0.222. The van der Waals surface area contributed by atoms with Crippen LogP contribution in [0.2, 0.25) is 0 Å². The van der Waals surface area contributed by atoms with Crippen LogP contribution >= 0.6 is 31.9 Å². The molecule has 0 unspecified atom stereocenters. The van der Waals surface area contributed by atoms with Gasteiger partial charge in [-0.2, -0.15) is 0 Å². The molecular formula is C27H26Br2O4. The highest BCUT2D eigenvalue weighted by atomic mass is 79.9. The molecule has 1 atom stereocenters. The average Bonchev–Trinajstić information content (AvgIpc) is 2.79. The molecule has 0 aliphatic heterocycles. The van der Waals surface area contributed by atoms with Gasteiger partial charge in [-0.15, -0.1) is 0 Å². The van der Waals surface area contributed by atoms with Crippen LogP contribution in [-0.4, -0.2) is 30.4 Å². The summed E-state index contributed by atoms with van der Waals surface area (Å²) in [6.07, 6.45) is 1.55. The van der Waals surface area contributed by atoms with Crippen LogP contribution in [-0.2, 0) is 16.0 Å². The van der Waals surface area contributed by atoms with Gasteiger partial charge in [-0.3, -0.25) is 0 Å². The van der Waals surface area contributed by atoms with Crippen molar-refractivity contribution in [2.75, 3.05) is 13.2 Å². The van der Waals surface area contributed by atoms with Crippen LogP contribution in [0.5, 0.6) is 5.75 Å². The molecule has 0 saturated heterocycles. The van der Waals surface area contributed by atoms with Crippen LogP contribution in [0.3, 0.4) is 0 Å². The van der Waals surface area contributed by atoms with Crippen molar-refractivity contribution in [3.63, 3.8) is 0 Å². The van der Waals surface area contributed by atoms with Crippen molar-refractivity contribution in [2.45, 2.75) is 26.4 Å². The Bertz CT molecular complexity index is 1090. The van der Waals surface area contributed by atoms with Crippen molar-refractivity contribution in [1.82, 2.24) is 0 Å². The van der Waals surface area contributed by atoms with E-state index >= 15 is 0 Å². The van der Waals surface area contributed by atoms with E-state index in [1.165, 1.54) is 0 Å². The number of halogens is 2. The molecule has 3 aromatic carbocycles. The maximum absolute atomic E-state index is 11.2. The normalized spacial score (nSPS) is 12.4. The maximum Gasteiger partial charge on any atom is 0.333 e. The number of hydrogen-bond acceptors (Lipinski definition) is 3. The highest BCUT2D eigenvalue weighted by Gasteiger charge is 2.17. The Kier molecular flexibility index (Phi) is 9.30. The third kappa shape index (κ3) is 7.56. The number of carboxylic acids is 1. The Hall–Kier alpha value is -2.41. The number of carboxylic acid groups (broad SMARTS) is 1. The highest BCUT2D eigenvalue weighted by molar-refractivity contribution is 9.11. The van der Waals surface area contributed by atoms with Crippen LogP contribution in [0.15, 0.2) is 81.8 Å². The molecule has 0 saturated carbocycles. The molecule has 4 nitrogen and oxygen atoms in total. The molecular weight excluding hydrogens is 548 g/mol. The first-order chi connectivity index (χ1) is 15.9. The third-order valence-corrected chi connectivity index (χ3v) is 6.08. The molecule has 172 valence electrons. The molecule has 1 N–H and O–H groups in total. The van der Waals surface area contributed by atoms with E-state index in [4.69, 9.17) is 9.47 Å². The van der Waals surface area contributed by atoms with Gasteiger partial charge in [-0.25, -0.2) is 4.79 Å². The summed E-state index contributed by atoms with van der Waals surface area (Å²) in [5, 5.41) is 9.22.